The molecule has 1 heterocycles. The van der Waals surface area contributed by atoms with Crippen molar-refractivity contribution in [2.45, 2.75) is 25.8 Å². The topological polar surface area (TPSA) is 38.5 Å². The number of rotatable bonds is 3. The minimum atomic E-state index is 0.117. The highest BCUT2D eigenvalue weighted by Gasteiger charge is 2.16. The lowest BCUT2D eigenvalue weighted by Gasteiger charge is -2.26. The first-order valence-corrected chi connectivity index (χ1v) is 6.92. The molecule has 1 saturated heterocycles. The van der Waals surface area contributed by atoms with E-state index in [-0.39, 0.29) is 6.04 Å². The van der Waals surface area contributed by atoms with Crippen LogP contribution in [0, 0.1) is 0 Å². The van der Waals surface area contributed by atoms with Gasteiger partial charge in [-0.2, -0.15) is 0 Å². The second-order valence-electron chi connectivity index (χ2n) is 4.87. The van der Waals surface area contributed by atoms with Crippen molar-refractivity contribution < 1.29 is 4.74 Å². The summed E-state index contributed by atoms with van der Waals surface area (Å²) < 4.78 is 5.50. The van der Waals surface area contributed by atoms with Crippen LogP contribution < -0.4 is 10.6 Å². The summed E-state index contributed by atoms with van der Waals surface area (Å²) in [5, 5.41) is 0.815. The van der Waals surface area contributed by atoms with Gasteiger partial charge in [0.05, 0.1) is 6.61 Å². The minimum absolute atomic E-state index is 0.117. The van der Waals surface area contributed by atoms with Gasteiger partial charge in [0.25, 0.3) is 0 Å². The lowest BCUT2D eigenvalue weighted by atomic mass is 10.0. The summed E-state index contributed by atoms with van der Waals surface area (Å²) >= 11 is 6.32. The van der Waals surface area contributed by atoms with Gasteiger partial charge >= 0.3 is 0 Å². The van der Waals surface area contributed by atoms with Crippen molar-refractivity contribution in [1.29, 1.82) is 0 Å². The van der Waals surface area contributed by atoms with E-state index in [1.165, 1.54) is 5.69 Å². The number of hydrogen-bond acceptors (Lipinski definition) is 3. The summed E-state index contributed by atoms with van der Waals surface area (Å²) in [6.45, 7) is 5.58. The van der Waals surface area contributed by atoms with E-state index in [1.54, 1.807) is 0 Å². The quantitative estimate of drug-likeness (QED) is 0.915. The summed E-state index contributed by atoms with van der Waals surface area (Å²) in [6, 6.07) is 6.20. The Morgan fingerprint density at radius 1 is 1.39 bits per heavy atom. The lowest BCUT2D eigenvalue weighted by molar-refractivity contribution is 0.152. The van der Waals surface area contributed by atoms with Gasteiger partial charge in [-0.05, 0) is 37.5 Å². The van der Waals surface area contributed by atoms with Crippen LogP contribution in [0.4, 0.5) is 5.69 Å². The molecule has 1 aromatic carbocycles. The molecule has 1 aliphatic heterocycles. The Morgan fingerprint density at radius 2 is 2.22 bits per heavy atom. The molecule has 2 N–H and O–H groups in total. The zero-order valence-corrected chi connectivity index (χ0v) is 11.6. The number of ether oxygens (including phenoxy) is 1. The molecule has 3 nitrogen and oxygen atoms in total. The van der Waals surface area contributed by atoms with Crippen molar-refractivity contribution in [2.24, 2.45) is 5.73 Å². The van der Waals surface area contributed by atoms with Gasteiger partial charge in [0.2, 0.25) is 0 Å². The Kier molecular flexibility index (Phi) is 4.87. The smallest absolute Gasteiger partial charge is 0.0641 e. The van der Waals surface area contributed by atoms with E-state index in [2.05, 4.69) is 11.0 Å². The third kappa shape index (κ3) is 3.37. The van der Waals surface area contributed by atoms with Crippen molar-refractivity contribution >= 4 is 17.3 Å². The van der Waals surface area contributed by atoms with Crippen molar-refractivity contribution in [2.75, 3.05) is 31.2 Å². The molecular weight excluding hydrogens is 248 g/mol. The van der Waals surface area contributed by atoms with Gasteiger partial charge in [0.1, 0.15) is 0 Å². The number of anilines is 1. The van der Waals surface area contributed by atoms with E-state index in [1.807, 2.05) is 19.1 Å². The molecule has 1 aromatic rings. The first-order valence-electron chi connectivity index (χ1n) is 6.54. The molecule has 0 bridgehead atoms. The molecule has 18 heavy (non-hydrogen) atoms. The van der Waals surface area contributed by atoms with Crippen LogP contribution in [-0.4, -0.2) is 32.3 Å². The minimum Gasteiger partial charge on any atom is -0.380 e. The van der Waals surface area contributed by atoms with Crippen molar-refractivity contribution in [3.05, 3.63) is 28.8 Å². The van der Waals surface area contributed by atoms with E-state index < -0.39 is 0 Å². The largest absolute Gasteiger partial charge is 0.380 e. The summed E-state index contributed by atoms with van der Waals surface area (Å²) in [4.78, 5) is 2.36. The van der Waals surface area contributed by atoms with Gasteiger partial charge < -0.3 is 15.4 Å². The van der Waals surface area contributed by atoms with E-state index in [0.717, 1.165) is 49.7 Å². The van der Waals surface area contributed by atoms with Gasteiger partial charge in [0, 0.05) is 36.4 Å². The van der Waals surface area contributed by atoms with Crippen LogP contribution in [0.3, 0.4) is 0 Å². The molecule has 0 amide bonds. The van der Waals surface area contributed by atoms with Crippen LogP contribution in [-0.2, 0) is 11.2 Å². The molecular formula is C14H21ClN2O. The third-order valence-corrected chi connectivity index (χ3v) is 3.54. The zero-order chi connectivity index (χ0) is 13.0. The average molecular weight is 269 g/mol. The van der Waals surface area contributed by atoms with Crippen LogP contribution >= 0.6 is 11.6 Å². The highest BCUT2D eigenvalue weighted by atomic mass is 35.5. The molecule has 0 aromatic heterocycles. The summed E-state index contributed by atoms with van der Waals surface area (Å²) in [5.41, 5.74) is 8.30. The lowest BCUT2D eigenvalue weighted by Crippen LogP contribution is -2.28. The molecule has 100 valence electrons. The molecule has 1 fully saturated rings. The van der Waals surface area contributed by atoms with E-state index in [9.17, 15) is 0 Å². The summed E-state index contributed by atoms with van der Waals surface area (Å²) in [6.07, 6.45) is 1.87. The maximum absolute atomic E-state index is 6.32. The van der Waals surface area contributed by atoms with Crippen molar-refractivity contribution in [3.63, 3.8) is 0 Å². The van der Waals surface area contributed by atoms with E-state index in [4.69, 9.17) is 22.1 Å². The first kappa shape index (κ1) is 13.7. The van der Waals surface area contributed by atoms with Crippen LogP contribution in [0.1, 0.15) is 18.9 Å². The molecule has 0 aliphatic carbocycles. The van der Waals surface area contributed by atoms with Crippen LogP contribution in [0.25, 0.3) is 0 Å². The van der Waals surface area contributed by atoms with E-state index >= 15 is 0 Å². The Bertz CT molecular complexity index is 387. The Balaban J connectivity index is 2.27. The second kappa shape index (κ2) is 6.41. The molecule has 0 saturated carbocycles. The molecule has 2 rings (SSSR count). The fourth-order valence-electron chi connectivity index (χ4n) is 2.35. The fraction of sp³-hybridized carbons (Fsp3) is 0.571. The van der Waals surface area contributed by atoms with Gasteiger partial charge in [0.15, 0.2) is 0 Å². The monoisotopic (exact) mass is 268 g/mol. The third-order valence-electron chi connectivity index (χ3n) is 3.18. The van der Waals surface area contributed by atoms with Gasteiger partial charge in [-0.15, -0.1) is 0 Å². The number of nitrogens with zero attached hydrogens (tertiary/aromatic N) is 1. The van der Waals surface area contributed by atoms with Gasteiger partial charge in [-0.25, -0.2) is 0 Å². The molecule has 1 aliphatic rings. The van der Waals surface area contributed by atoms with Crippen LogP contribution in [0.15, 0.2) is 18.2 Å². The molecule has 0 spiro atoms. The summed E-state index contributed by atoms with van der Waals surface area (Å²) in [5.74, 6) is 0. The van der Waals surface area contributed by atoms with Gasteiger partial charge in [-0.3, -0.25) is 0 Å². The van der Waals surface area contributed by atoms with Crippen molar-refractivity contribution in [3.8, 4) is 0 Å². The maximum atomic E-state index is 6.32. The number of halogens is 1. The SMILES string of the molecule is CC(N)Cc1c(Cl)cccc1N1CCCOCC1. The summed E-state index contributed by atoms with van der Waals surface area (Å²) in [7, 11) is 0. The predicted octanol–water partition coefficient (Wildman–Crippen LogP) is 2.46. The predicted molar refractivity (Wildman–Crippen MR) is 76.5 cm³/mol. The Hall–Kier alpha value is -0.770. The van der Waals surface area contributed by atoms with E-state index in [0.29, 0.717) is 0 Å². The molecule has 0 radical (unpaired) electrons. The maximum Gasteiger partial charge on any atom is 0.0641 e. The van der Waals surface area contributed by atoms with Crippen molar-refractivity contribution in [1.82, 2.24) is 0 Å². The Labute approximate surface area is 114 Å². The standard InChI is InChI=1S/C14H21ClN2O/c1-11(16)10-12-13(15)4-2-5-14(12)17-6-3-8-18-9-7-17/h2,4-5,11H,3,6-10,16H2,1H3. The fourth-order valence-corrected chi connectivity index (χ4v) is 2.60. The zero-order valence-electron chi connectivity index (χ0n) is 10.9. The van der Waals surface area contributed by atoms with Crippen LogP contribution in [0.5, 0.6) is 0 Å². The number of nitrogens with two attached hydrogens (primary N) is 1. The highest BCUT2D eigenvalue weighted by Crippen LogP contribution is 2.29. The highest BCUT2D eigenvalue weighted by molar-refractivity contribution is 6.31. The number of benzene rings is 1. The average Bonchev–Trinajstić information content (AvgIpc) is 2.60. The Morgan fingerprint density at radius 3 is 3.00 bits per heavy atom. The first-order chi connectivity index (χ1) is 8.68. The number of hydrogen-bond donors (Lipinski definition) is 1. The second-order valence-corrected chi connectivity index (χ2v) is 5.28. The normalized spacial score (nSPS) is 18.5. The molecule has 4 heteroatoms. The molecule has 1 atom stereocenters. The van der Waals surface area contributed by atoms with Gasteiger partial charge in [-0.1, -0.05) is 17.7 Å². The van der Waals surface area contributed by atoms with Crippen LogP contribution in [0.2, 0.25) is 5.02 Å². The molecule has 1 unspecified atom stereocenters.